The lowest BCUT2D eigenvalue weighted by Crippen LogP contribution is -2.55. The lowest BCUT2D eigenvalue weighted by atomic mass is 10.0. The van der Waals surface area contributed by atoms with Gasteiger partial charge in [0.15, 0.2) is 0 Å². The number of para-hydroxylation sites is 1. The Morgan fingerprint density at radius 2 is 2.21 bits per heavy atom. The molecule has 1 aliphatic heterocycles. The molecule has 104 valence electrons. The van der Waals surface area contributed by atoms with Crippen molar-refractivity contribution in [1.29, 1.82) is 0 Å². The molecule has 0 aromatic heterocycles. The molecule has 0 saturated carbocycles. The second-order valence-corrected chi connectivity index (χ2v) is 4.98. The van der Waals surface area contributed by atoms with E-state index in [2.05, 4.69) is 47.6 Å². The number of anilines is 1. The van der Waals surface area contributed by atoms with E-state index in [0.29, 0.717) is 0 Å². The van der Waals surface area contributed by atoms with Crippen molar-refractivity contribution >= 4 is 11.6 Å². The Hall–Kier alpha value is -1.55. The minimum Gasteiger partial charge on any atom is -0.357 e. The summed E-state index contributed by atoms with van der Waals surface area (Å²) < 4.78 is 0. The standard InChI is InChI=1S/C15H23N3O/c1-4-13-15(19)17-9-10-18(13)14-8-6-5-7-12(14)11(2)16-3/h5-8,11,13,16H,4,9-10H2,1-3H3,(H,17,19). The Morgan fingerprint density at radius 3 is 2.89 bits per heavy atom. The van der Waals surface area contributed by atoms with Gasteiger partial charge in [-0.15, -0.1) is 0 Å². The van der Waals surface area contributed by atoms with E-state index in [1.54, 1.807) is 0 Å². The van der Waals surface area contributed by atoms with Crippen LogP contribution in [-0.4, -0.2) is 32.1 Å². The van der Waals surface area contributed by atoms with E-state index in [1.165, 1.54) is 11.3 Å². The first-order valence-electron chi connectivity index (χ1n) is 6.99. The molecule has 2 atom stereocenters. The van der Waals surface area contributed by atoms with Gasteiger partial charge in [-0.1, -0.05) is 25.1 Å². The molecule has 1 aliphatic rings. The third-order valence-corrected chi connectivity index (χ3v) is 3.86. The molecule has 0 radical (unpaired) electrons. The summed E-state index contributed by atoms with van der Waals surface area (Å²) in [5, 5.41) is 6.23. The quantitative estimate of drug-likeness (QED) is 0.867. The predicted molar refractivity (Wildman–Crippen MR) is 78.4 cm³/mol. The smallest absolute Gasteiger partial charge is 0.242 e. The van der Waals surface area contributed by atoms with Crippen molar-refractivity contribution in [3.63, 3.8) is 0 Å². The van der Waals surface area contributed by atoms with Crippen molar-refractivity contribution in [1.82, 2.24) is 10.6 Å². The van der Waals surface area contributed by atoms with Crippen LogP contribution in [-0.2, 0) is 4.79 Å². The third-order valence-electron chi connectivity index (χ3n) is 3.86. The summed E-state index contributed by atoms with van der Waals surface area (Å²) in [4.78, 5) is 14.2. The minimum atomic E-state index is -0.0565. The van der Waals surface area contributed by atoms with Crippen molar-refractivity contribution in [3.05, 3.63) is 29.8 Å². The van der Waals surface area contributed by atoms with Gasteiger partial charge in [0.25, 0.3) is 0 Å². The summed E-state index contributed by atoms with van der Waals surface area (Å²) in [6, 6.07) is 8.57. The molecule has 0 aliphatic carbocycles. The van der Waals surface area contributed by atoms with Gasteiger partial charge < -0.3 is 15.5 Å². The molecule has 19 heavy (non-hydrogen) atoms. The molecule has 2 N–H and O–H groups in total. The van der Waals surface area contributed by atoms with E-state index < -0.39 is 0 Å². The zero-order chi connectivity index (χ0) is 13.8. The van der Waals surface area contributed by atoms with Crippen LogP contribution in [0.1, 0.15) is 31.9 Å². The van der Waals surface area contributed by atoms with Crippen LogP contribution in [0.15, 0.2) is 24.3 Å². The Bertz CT molecular complexity index is 447. The van der Waals surface area contributed by atoms with E-state index in [-0.39, 0.29) is 18.0 Å². The molecule has 2 rings (SSSR count). The van der Waals surface area contributed by atoms with E-state index >= 15 is 0 Å². The average molecular weight is 261 g/mol. The normalized spacial score (nSPS) is 21.1. The number of piperazine rings is 1. The van der Waals surface area contributed by atoms with Gasteiger partial charge in [0.1, 0.15) is 6.04 Å². The summed E-state index contributed by atoms with van der Waals surface area (Å²) in [7, 11) is 1.96. The SMILES string of the molecule is CCC1C(=O)NCCN1c1ccccc1C(C)NC. The molecule has 1 aromatic rings. The van der Waals surface area contributed by atoms with Gasteiger partial charge in [0, 0.05) is 24.8 Å². The average Bonchev–Trinajstić information content (AvgIpc) is 2.46. The monoisotopic (exact) mass is 261 g/mol. The van der Waals surface area contributed by atoms with E-state index in [9.17, 15) is 4.79 Å². The van der Waals surface area contributed by atoms with Crippen LogP contribution in [0.25, 0.3) is 0 Å². The molecule has 4 nitrogen and oxygen atoms in total. The van der Waals surface area contributed by atoms with Crippen molar-refractivity contribution in [2.24, 2.45) is 0 Å². The van der Waals surface area contributed by atoms with Gasteiger partial charge in [-0.05, 0) is 32.0 Å². The maximum absolute atomic E-state index is 12.0. The highest BCUT2D eigenvalue weighted by Crippen LogP contribution is 2.29. The molecule has 0 bridgehead atoms. The van der Waals surface area contributed by atoms with Crippen LogP contribution >= 0.6 is 0 Å². The van der Waals surface area contributed by atoms with E-state index in [0.717, 1.165) is 19.5 Å². The van der Waals surface area contributed by atoms with Crippen LogP contribution in [0.3, 0.4) is 0 Å². The number of amides is 1. The summed E-state index contributed by atoms with van der Waals surface area (Å²) >= 11 is 0. The number of hydrogen-bond donors (Lipinski definition) is 2. The van der Waals surface area contributed by atoms with Gasteiger partial charge in [-0.2, -0.15) is 0 Å². The molecular formula is C15H23N3O. The van der Waals surface area contributed by atoms with Crippen LogP contribution in [0.4, 0.5) is 5.69 Å². The summed E-state index contributed by atoms with van der Waals surface area (Å²) in [5.41, 5.74) is 2.42. The lowest BCUT2D eigenvalue weighted by molar-refractivity contribution is -0.123. The fraction of sp³-hybridized carbons (Fsp3) is 0.533. The number of rotatable bonds is 4. The maximum atomic E-state index is 12.0. The van der Waals surface area contributed by atoms with Crippen LogP contribution < -0.4 is 15.5 Å². The Kier molecular flexibility index (Phi) is 4.43. The topological polar surface area (TPSA) is 44.4 Å². The first-order chi connectivity index (χ1) is 9.19. The second-order valence-electron chi connectivity index (χ2n) is 4.98. The number of benzene rings is 1. The highest BCUT2D eigenvalue weighted by atomic mass is 16.2. The van der Waals surface area contributed by atoms with Crippen molar-refractivity contribution in [2.45, 2.75) is 32.4 Å². The number of hydrogen-bond acceptors (Lipinski definition) is 3. The molecule has 4 heteroatoms. The Morgan fingerprint density at radius 1 is 1.47 bits per heavy atom. The molecule has 1 amide bonds. The van der Waals surface area contributed by atoms with E-state index in [4.69, 9.17) is 0 Å². The first kappa shape index (κ1) is 13.9. The fourth-order valence-electron chi connectivity index (χ4n) is 2.68. The van der Waals surface area contributed by atoms with Gasteiger partial charge in [0.2, 0.25) is 5.91 Å². The fourth-order valence-corrected chi connectivity index (χ4v) is 2.68. The largest absolute Gasteiger partial charge is 0.357 e. The molecular weight excluding hydrogens is 238 g/mol. The predicted octanol–water partition coefficient (Wildman–Crippen LogP) is 1.68. The number of nitrogens with zero attached hydrogens (tertiary/aromatic N) is 1. The molecule has 1 fully saturated rings. The van der Waals surface area contributed by atoms with Crippen LogP contribution in [0, 0.1) is 0 Å². The number of nitrogens with one attached hydrogen (secondary N) is 2. The minimum absolute atomic E-state index is 0.0565. The summed E-state index contributed by atoms with van der Waals surface area (Å²) in [6.45, 7) is 5.80. The van der Waals surface area contributed by atoms with Crippen molar-refractivity contribution in [2.75, 3.05) is 25.0 Å². The molecule has 1 aromatic carbocycles. The third kappa shape index (κ3) is 2.73. The molecule has 2 unspecified atom stereocenters. The second kappa shape index (κ2) is 6.06. The first-order valence-corrected chi connectivity index (χ1v) is 6.99. The Labute approximate surface area is 115 Å². The number of carbonyl (C=O) groups excluding carboxylic acids is 1. The van der Waals surface area contributed by atoms with Crippen LogP contribution in [0.5, 0.6) is 0 Å². The Balaban J connectivity index is 2.37. The van der Waals surface area contributed by atoms with Gasteiger partial charge in [0.05, 0.1) is 0 Å². The molecule has 1 saturated heterocycles. The summed E-state index contributed by atoms with van der Waals surface area (Å²) in [5.74, 6) is 0.140. The zero-order valence-corrected chi connectivity index (χ0v) is 11.9. The van der Waals surface area contributed by atoms with Crippen molar-refractivity contribution < 1.29 is 4.79 Å². The van der Waals surface area contributed by atoms with Gasteiger partial charge in [-0.3, -0.25) is 4.79 Å². The van der Waals surface area contributed by atoms with Crippen LogP contribution in [0.2, 0.25) is 0 Å². The van der Waals surface area contributed by atoms with Crippen molar-refractivity contribution in [3.8, 4) is 0 Å². The van der Waals surface area contributed by atoms with Gasteiger partial charge in [-0.25, -0.2) is 0 Å². The van der Waals surface area contributed by atoms with E-state index in [1.807, 2.05) is 13.1 Å². The molecule has 0 spiro atoms. The highest BCUT2D eigenvalue weighted by Gasteiger charge is 2.29. The summed E-state index contributed by atoms with van der Waals surface area (Å²) in [6.07, 6.45) is 0.827. The lowest BCUT2D eigenvalue weighted by Gasteiger charge is -2.38. The highest BCUT2D eigenvalue weighted by molar-refractivity contribution is 5.86. The number of carbonyl (C=O) groups is 1. The maximum Gasteiger partial charge on any atom is 0.242 e. The van der Waals surface area contributed by atoms with Gasteiger partial charge >= 0.3 is 0 Å². The zero-order valence-electron chi connectivity index (χ0n) is 11.9. The molecule has 1 heterocycles.